The molecule has 0 aliphatic carbocycles. The second-order valence-electron chi connectivity index (χ2n) is 4.26. The third kappa shape index (κ3) is 1.94. The lowest BCUT2D eigenvalue weighted by molar-refractivity contribution is 0.414. The van der Waals surface area contributed by atoms with E-state index >= 15 is 0 Å². The third-order valence-corrected chi connectivity index (χ3v) is 3.31. The quantitative estimate of drug-likeness (QED) is 0.847. The summed E-state index contributed by atoms with van der Waals surface area (Å²) in [6.07, 6.45) is 1.16. The standard InChI is InChI=1S/C13H20N2O/c1-4-10(2)15-8-7-14-12-6-5-11(16-3)9-13(12)15/h5-6,9-10,14H,4,7-8H2,1-3H3. The van der Waals surface area contributed by atoms with E-state index in [2.05, 4.69) is 36.2 Å². The topological polar surface area (TPSA) is 24.5 Å². The fraction of sp³-hybridized carbons (Fsp3) is 0.538. The minimum Gasteiger partial charge on any atom is -0.497 e. The van der Waals surface area contributed by atoms with Crippen molar-refractivity contribution in [2.45, 2.75) is 26.3 Å². The SMILES string of the molecule is CCC(C)N1CCNc2ccc(OC)cc21. The molecule has 1 aromatic carbocycles. The molecular weight excluding hydrogens is 200 g/mol. The maximum Gasteiger partial charge on any atom is 0.121 e. The highest BCUT2D eigenvalue weighted by molar-refractivity contribution is 5.74. The molecule has 0 spiro atoms. The van der Waals surface area contributed by atoms with Gasteiger partial charge in [0.15, 0.2) is 0 Å². The summed E-state index contributed by atoms with van der Waals surface area (Å²) >= 11 is 0. The third-order valence-electron chi connectivity index (χ3n) is 3.31. The van der Waals surface area contributed by atoms with Crippen LogP contribution in [0.3, 0.4) is 0 Å². The predicted octanol–water partition coefficient (Wildman–Crippen LogP) is 2.73. The van der Waals surface area contributed by atoms with Crippen molar-refractivity contribution >= 4 is 11.4 Å². The van der Waals surface area contributed by atoms with Crippen LogP contribution in [0.15, 0.2) is 18.2 Å². The van der Waals surface area contributed by atoms with Crippen molar-refractivity contribution in [3.05, 3.63) is 18.2 Å². The second kappa shape index (κ2) is 4.64. The molecule has 1 aromatic rings. The van der Waals surface area contributed by atoms with Crippen LogP contribution in [-0.2, 0) is 0 Å². The highest BCUT2D eigenvalue weighted by Gasteiger charge is 2.20. The molecule has 0 amide bonds. The van der Waals surface area contributed by atoms with Gasteiger partial charge in [0.25, 0.3) is 0 Å². The molecule has 2 rings (SSSR count). The minimum absolute atomic E-state index is 0.577. The summed E-state index contributed by atoms with van der Waals surface area (Å²) in [5, 5.41) is 3.43. The molecule has 1 N–H and O–H groups in total. The lowest BCUT2D eigenvalue weighted by Crippen LogP contribution is -2.40. The Morgan fingerprint density at radius 2 is 2.31 bits per heavy atom. The number of hydrogen-bond acceptors (Lipinski definition) is 3. The number of fused-ring (bicyclic) bond motifs is 1. The molecule has 88 valence electrons. The van der Waals surface area contributed by atoms with Crippen molar-refractivity contribution in [2.75, 3.05) is 30.4 Å². The fourth-order valence-corrected chi connectivity index (χ4v) is 2.14. The molecule has 1 aliphatic rings. The summed E-state index contributed by atoms with van der Waals surface area (Å²) in [7, 11) is 1.71. The van der Waals surface area contributed by atoms with Crippen LogP contribution < -0.4 is 15.0 Å². The first kappa shape index (κ1) is 11.1. The molecular formula is C13H20N2O. The van der Waals surface area contributed by atoms with Crippen molar-refractivity contribution in [3.63, 3.8) is 0 Å². The zero-order valence-corrected chi connectivity index (χ0v) is 10.3. The Bertz CT molecular complexity index is 365. The number of rotatable bonds is 3. The van der Waals surface area contributed by atoms with Crippen molar-refractivity contribution in [2.24, 2.45) is 0 Å². The maximum absolute atomic E-state index is 5.29. The maximum atomic E-state index is 5.29. The molecule has 0 fully saturated rings. The smallest absolute Gasteiger partial charge is 0.121 e. The van der Waals surface area contributed by atoms with E-state index < -0.39 is 0 Å². The van der Waals surface area contributed by atoms with Gasteiger partial charge in [-0.15, -0.1) is 0 Å². The van der Waals surface area contributed by atoms with E-state index in [0.29, 0.717) is 6.04 Å². The molecule has 1 heterocycles. The van der Waals surface area contributed by atoms with E-state index in [1.807, 2.05) is 6.07 Å². The number of nitrogens with one attached hydrogen (secondary N) is 1. The molecule has 3 nitrogen and oxygen atoms in total. The van der Waals surface area contributed by atoms with Crippen LogP contribution in [0.1, 0.15) is 20.3 Å². The van der Waals surface area contributed by atoms with Crippen LogP contribution in [0.25, 0.3) is 0 Å². The van der Waals surface area contributed by atoms with Crippen LogP contribution >= 0.6 is 0 Å². The Kier molecular flexibility index (Phi) is 3.22. The van der Waals surface area contributed by atoms with E-state index in [-0.39, 0.29) is 0 Å². The molecule has 3 heteroatoms. The van der Waals surface area contributed by atoms with E-state index in [9.17, 15) is 0 Å². The average molecular weight is 220 g/mol. The zero-order valence-electron chi connectivity index (χ0n) is 10.3. The number of anilines is 2. The van der Waals surface area contributed by atoms with Gasteiger partial charge in [0.1, 0.15) is 5.75 Å². The number of hydrogen-bond donors (Lipinski definition) is 1. The van der Waals surface area contributed by atoms with Gasteiger partial charge in [-0.3, -0.25) is 0 Å². The molecule has 0 bridgehead atoms. The number of ether oxygens (including phenoxy) is 1. The summed E-state index contributed by atoms with van der Waals surface area (Å²) in [5.41, 5.74) is 2.48. The van der Waals surface area contributed by atoms with Gasteiger partial charge in [-0.2, -0.15) is 0 Å². The van der Waals surface area contributed by atoms with Crippen LogP contribution in [0.2, 0.25) is 0 Å². The van der Waals surface area contributed by atoms with Crippen LogP contribution in [0, 0.1) is 0 Å². The largest absolute Gasteiger partial charge is 0.497 e. The first-order valence-electron chi connectivity index (χ1n) is 5.94. The van der Waals surface area contributed by atoms with Gasteiger partial charge in [0.2, 0.25) is 0 Å². The Labute approximate surface area is 97.4 Å². The molecule has 0 radical (unpaired) electrons. The summed E-state index contributed by atoms with van der Waals surface area (Å²) in [6, 6.07) is 6.80. The predicted molar refractivity (Wildman–Crippen MR) is 68.6 cm³/mol. The van der Waals surface area contributed by atoms with Gasteiger partial charge in [0, 0.05) is 25.2 Å². The lowest BCUT2D eigenvalue weighted by Gasteiger charge is -2.36. The lowest BCUT2D eigenvalue weighted by atomic mass is 10.1. The monoisotopic (exact) mass is 220 g/mol. The Morgan fingerprint density at radius 3 is 3.00 bits per heavy atom. The van der Waals surface area contributed by atoms with Gasteiger partial charge in [0.05, 0.1) is 18.5 Å². The van der Waals surface area contributed by atoms with Crippen LogP contribution in [-0.4, -0.2) is 26.2 Å². The van der Waals surface area contributed by atoms with E-state index in [0.717, 1.165) is 25.3 Å². The Hall–Kier alpha value is -1.38. The van der Waals surface area contributed by atoms with Crippen molar-refractivity contribution in [3.8, 4) is 5.75 Å². The second-order valence-corrected chi connectivity index (χ2v) is 4.26. The first-order chi connectivity index (χ1) is 7.76. The summed E-state index contributed by atoms with van der Waals surface area (Å²) in [4.78, 5) is 2.45. The van der Waals surface area contributed by atoms with Gasteiger partial charge < -0.3 is 15.0 Å². The van der Waals surface area contributed by atoms with Gasteiger partial charge in [-0.1, -0.05) is 6.92 Å². The Morgan fingerprint density at radius 1 is 1.50 bits per heavy atom. The zero-order chi connectivity index (χ0) is 11.5. The van der Waals surface area contributed by atoms with Crippen LogP contribution in [0.4, 0.5) is 11.4 Å². The number of benzene rings is 1. The summed E-state index contributed by atoms with van der Waals surface area (Å²) < 4.78 is 5.29. The van der Waals surface area contributed by atoms with E-state index in [1.165, 1.54) is 11.4 Å². The number of nitrogens with zero attached hydrogens (tertiary/aromatic N) is 1. The Balaban J connectivity index is 2.35. The normalized spacial score (nSPS) is 16.3. The van der Waals surface area contributed by atoms with Crippen LogP contribution in [0.5, 0.6) is 5.75 Å². The summed E-state index contributed by atoms with van der Waals surface area (Å²) in [5.74, 6) is 0.927. The molecule has 1 unspecified atom stereocenters. The average Bonchev–Trinajstić information content (AvgIpc) is 2.36. The molecule has 16 heavy (non-hydrogen) atoms. The molecule has 1 aliphatic heterocycles. The van der Waals surface area contributed by atoms with Gasteiger partial charge in [-0.25, -0.2) is 0 Å². The molecule has 0 saturated heterocycles. The highest BCUT2D eigenvalue weighted by Crippen LogP contribution is 2.34. The van der Waals surface area contributed by atoms with Gasteiger partial charge in [-0.05, 0) is 25.5 Å². The van der Waals surface area contributed by atoms with Crippen molar-refractivity contribution in [1.29, 1.82) is 0 Å². The molecule has 0 saturated carbocycles. The number of methoxy groups -OCH3 is 1. The van der Waals surface area contributed by atoms with Gasteiger partial charge >= 0.3 is 0 Å². The molecule has 1 atom stereocenters. The molecule has 0 aromatic heterocycles. The van der Waals surface area contributed by atoms with E-state index in [4.69, 9.17) is 4.74 Å². The fourth-order valence-electron chi connectivity index (χ4n) is 2.14. The van der Waals surface area contributed by atoms with E-state index in [1.54, 1.807) is 7.11 Å². The highest BCUT2D eigenvalue weighted by atomic mass is 16.5. The first-order valence-corrected chi connectivity index (χ1v) is 5.94. The van der Waals surface area contributed by atoms with Crippen molar-refractivity contribution < 1.29 is 4.74 Å². The van der Waals surface area contributed by atoms with Crippen molar-refractivity contribution in [1.82, 2.24) is 0 Å². The minimum atomic E-state index is 0.577. The summed E-state index contributed by atoms with van der Waals surface area (Å²) in [6.45, 7) is 6.58.